The van der Waals surface area contributed by atoms with Gasteiger partial charge in [-0.25, -0.2) is 9.97 Å². The van der Waals surface area contributed by atoms with Gasteiger partial charge in [0.25, 0.3) is 5.91 Å². The number of benzene rings is 2. The molecule has 2 heterocycles. The van der Waals surface area contributed by atoms with E-state index in [9.17, 15) is 18.0 Å². The topological polar surface area (TPSA) is 61.4 Å². The van der Waals surface area contributed by atoms with Gasteiger partial charge in [0.15, 0.2) is 0 Å². The van der Waals surface area contributed by atoms with Gasteiger partial charge in [0.2, 0.25) is 0 Å². The molecule has 1 amide bonds. The minimum Gasteiger partial charge on any atom is -0.362 e. The highest BCUT2D eigenvalue weighted by molar-refractivity contribution is 5.98. The van der Waals surface area contributed by atoms with Crippen molar-refractivity contribution >= 4 is 28.3 Å². The fraction of sp³-hybridized carbons (Fsp3) is 0.382. The third kappa shape index (κ3) is 7.45. The monoisotopic (exact) mass is 589 g/mol. The summed E-state index contributed by atoms with van der Waals surface area (Å²) in [5.74, 6) is 1.66. The van der Waals surface area contributed by atoms with Crippen LogP contribution in [0.1, 0.15) is 37.9 Å². The van der Waals surface area contributed by atoms with E-state index in [2.05, 4.69) is 17.5 Å². The summed E-state index contributed by atoms with van der Waals surface area (Å²) in [6.07, 6.45) is 7.47. The van der Waals surface area contributed by atoms with Gasteiger partial charge in [0, 0.05) is 44.7 Å². The Morgan fingerprint density at radius 2 is 1.74 bits per heavy atom. The standard InChI is InChI=1S/C34H38F3N5O/c1-41(2)32-27-14-6-7-16-29(27)39-30(40-32)17-10-11-24-18-20-25(21-19-24)23-38-33(43)28-15-8-9-22-42(31(28)34(35,36)37)26-12-4-3-5-13-26/h3-8,10-16,24-25H,9,17-23H2,1-2H3,(H,38,43)/b11-10+. The molecule has 0 bridgehead atoms. The van der Waals surface area contributed by atoms with Crippen LogP contribution in [-0.2, 0) is 11.2 Å². The second-order valence-electron chi connectivity index (χ2n) is 11.4. The molecule has 0 spiro atoms. The lowest BCUT2D eigenvalue weighted by molar-refractivity contribution is -0.119. The lowest BCUT2D eigenvalue weighted by atomic mass is 9.81. The van der Waals surface area contributed by atoms with Gasteiger partial charge >= 0.3 is 6.18 Å². The van der Waals surface area contributed by atoms with Crippen molar-refractivity contribution in [3.63, 3.8) is 0 Å². The summed E-state index contributed by atoms with van der Waals surface area (Å²) < 4.78 is 42.9. The number of nitrogens with one attached hydrogen (secondary N) is 1. The maximum atomic E-state index is 14.3. The number of hydrogen-bond acceptors (Lipinski definition) is 5. The molecule has 1 N–H and O–H groups in total. The summed E-state index contributed by atoms with van der Waals surface area (Å²) in [6, 6.07) is 16.4. The number of para-hydroxylation sites is 2. The molecule has 1 aliphatic heterocycles. The average Bonchev–Trinajstić information content (AvgIpc) is 3.24. The number of halogens is 3. The molecular weight excluding hydrogens is 551 g/mol. The summed E-state index contributed by atoms with van der Waals surface area (Å²) in [5.41, 5.74) is 0.101. The molecule has 9 heteroatoms. The molecule has 226 valence electrons. The van der Waals surface area contributed by atoms with Crippen molar-refractivity contribution in [2.75, 3.05) is 37.0 Å². The molecule has 1 saturated carbocycles. The van der Waals surface area contributed by atoms with E-state index in [0.717, 1.165) is 48.2 Å². The molecule has 0 atom stereocenters. The minimum atomic E-state index is -4.67. The number of anilines is 2. The molecule has 1 aromatic heterocycles. The molecule has 5 rings (SSSR count). The Bertz CT molecular complexity index is 1510. The zero-order valence-corrected chi connectivity index (χ0v) is 24.6. The third-order valence-corrected chi connectivity index (χ3v) is 8.11. The Morgan fingerprint density at radius 1 is 1.02 bits per heavy atom. The maximum Gasteiger partial charge on any atom is 0.432 e. The summed E-state index contributed by atoms with van der Waals surface area (Å²) in [4.78, 5) is 25.8. The van der Waals surface area contributed by atoms with Crippen LogP contribution in [0.15, 0.2) is 90.2 Å². The molecule has 2 aromatic carbocycles. The molecule has 0 radical (unpaired) electrons. The van der Waals surface area contributed by atoms with E-state index in [-0.39, 0.29) is 18.0 Å². The summed E-state index contributed by atoms with van der Waals surface area (Å²) in [6.45, 7) is 0.509. The zero-order valence-electron chi connectivity index (χ0n) is 24.6. The van der Waals surface area contributed by atoms with Crippen LogP contribution in [0, 0.1) is 11.8 Å². The summed E-state index contributed by atoms with van der Waals surface area (Å²) in [7, 11) is 3.96. The zero-order chi connectivity index (χ0) is 30.4. The highest BCUT2D eigenvalue weighted by Crippen LogP contribution is 2.37. The van der Waals surface area contributed by atoms with Gasteiger partial charge in [0.05, 0.1) is 11.1 Å². The van der Waals surface area contributed by atoms with Crippen molar-refractivity contribution in [1.82, 2.24) is 15.3 Å². The Labute approximate surface area is 251 Å². The Morgan fingerprint density at radius 3 is 2.47 bits per heavy atom. The molecule has 3 aromatic rings. The normalized spacial score (nSPS) is 19.6. The molecule has 43 heavy (non-hydrogen) atoms. The molecule has 0 saturated heterocycles. The third-order valence-electron chi connectivity index (χ3n) is 8.11. The smallest absolute Gasteiger partial charge is 0.362 e. The van der Waals surface area contributed by atoms with Crippen LogP contribution < -0.4 is 15.1 Å². The van der Waals surface area contributed by atoms with Crippen LogP contribution in [-0.4, -0.2) is 49.2 Å². The predicted octanol–water partition coefficient (Wildman–Crippen LogP) is 7.00. The highest BCUT2D eigenvalue weighted by Gasteiger charge is 2.42. The number of hydrogen-bond donors (Lipinski definition) is 1. The number of carbonyl (C=O) groups is 1. The van der Waals surface area contributed by atoms with Crippen LogP contribution in [0.25, 0.3) is 10.9 Å². The van der Waals surface area contributed by atoms with Crippen LogP contribution in [0.4, 0.5) is 24.7 Å². The molecule has 1 fully saturated rings. The van der Waals surface area contributed by atoms with Crippen LogP contribution in [0.2, 0.25) is 0 Å². The first-order valence-corrected chi connectivity index (χ1v) is 14.9. The molecule has 6 nitrogen and oxygen atoms in total. The van der Waals surface area contributed by atoms with Crippen LogP contribution in [0.5, 0.6) is 0 Å². The highest BCUT2D eigenvalue weighted by atomic mass is 19.4. The minimum absolute atomic E-state index is 0.146. The lowest BCUT2D eigenvalue weighted by Crippen LogP contribution is -2.38. The van der Waals surface area contributed by atoms with Gasteiger partial charge < -0.3 is 15.1 Å². The van der Waals surface area contributed by atoms with E-state index in [0.29, 0.717) is 31.0 Å². The number of rotatable bonds is 8. The summed E-state index contributed by atoms with van der Waals surface area (Å²) in [5, 5.41) is 3.85. The number of alkyl halides is 3. The van der Waals surface area contributed by atoms with Gasteiger partial charge in [0.1, 0.15) is 17.3 Å². The number of fused-ring (bicyclic) bond motifs is 1. The number of nitrogens with zero attached hydrogens (tertiary/aromatic N) is 4. The van der Waals surface area contributed by atoms with Crippen molar-refractivity contribution in [2.24, 2.45) is 11.8 Å². The van der Waals surface area contributed by atoms with Gasteiger partial charge in [-0.05, 0) is 68.2 Å². The van der Waals surface area contributed by atoms with E-state index >= 15 is 0 Å². The van der Waals surface area contributed by atoms with Crippen molar-refractivity contribution in [3.05, 3.63) is 96.0 Å². The number of carbonyl (C=O) groups excluding carboxylic acids is 1. The summed E-state index contributed by atoms with van der Waals surface area (Å²) >= 11 is 0. The van der Waals surface area contributed by atoms with Gasteiger partial charge in [-0.2, -0.15) is 13.2 Å². The Balaban J connectivity index is 1.17. The first-order valence-electron chi connectivity index (χ1n) is 14.9. The van der Waals surface area contributed by atoms with Crippen molar-refractivity contribution < 1.29 is 18.0 Å². The first kappa shape index (κ1) is 30.3. The van der Waals surface area contributed by atoms with Crippen LogP contribution in [0.3, 0.4) is 0 Å². The fourth-order valence-corrected chi connectivity index (χ4v) is 5.92. The van der Waals surface area contributed by atoms with Crippen LogP contribution >= 0.6 is 0 Å². The predicted molar refractivity (Wildman–Crippen MR) is 166 cm³/mol. The van der Waals surface area contributed by atoms with Crippen molar-refractivity contribution in [2.45, 2.75) is 44.7 Å². The van der Waals surface area contributed by atoms with E-state index in [1.165, 1.54) is 11.0 Å². The van der Waals surface area contributed by atoms with Gasteiger partial charge in [-0.15, -0.1) is 0 Å². The molecular formula is C34H38F3N5O. The van der Waals surface area contributed by atoms with E-state index in [1.807, 2.05) is 43.3 Å². The SMILES string of the molecule is CN(C)c1nc(C/C=C/C2CCC(CNC(=O)C3=C(C(F)(F)F)N(c4ccccc4)CCC=C3)CC2)nc2ccccc12. The average molecular weight is 590 g/mol. The fourth-order valence-electron chi connectivity index (χ4n) is 5.92. The van der Waals surface area contributed by atoms with Gasteiger partial charge in [-0.1, -0.05) is 54.6 Å². The van der Waals surface area contributed by atoms with Crippen molar-refractivity contribution in [3.8, 4) is 0 Å². The first-order chi connectivity index (χ1) is 20.7. The molecule has 0 unspecified atom stereocenters. The quantitative estimate of drug-likeness (QED) is 0.287. The Hall–Kier alpha value is -4.14. The Kier molecular flexibility index (Phi) is 9.48. The molecule has 2 aliphatic rings. The lowest BCUT2D eigenvalue weighted by Gasteiger charge is -2.30. The number of amides is 1. The second-order valence-corrected chi connectivity index (χ2v) is 11.4. The number of aromatic nitrogens is 2. The largest absolute Gasteiger partial charge is 0.432 e. The maximum absolute atomic E-state index is 14.3. The van der Waals surface area contributed by atoms with E-state index in [4.69, 9.17) is 9.97 Å². The second kappa shape index (κ2) is 13.4. The van der Waals surface area contributed by atoms with E-state index in [1.54, 1.807) is 36.4 Å². The van der Waals surface area contributed by atoms with Crippen molar-refractivity contribution in [1.29, 1.82) is 0 Å². The number of allylic oxidation sites excluding steroid dienone is 3. The van der Waals surface area contributed by atoms with Gasteiger partial charge in [-0.3, -0.25) is 4.79 Å². The van der Waals surface area contributed by atoms with E-state index < -0.39 is 17.8 Å². The molecule has 1 aliphatic carbocycles.